The molecule has 1 unspecified atom stereocenters. The first-order valence-corrected chi connectivity index (χ1v) is 8.68. The topological polar surface area (TPSA) is 66.9 Å². The highest BCUT2D eigenvalue weighted by Crippen LogP contribution is 2.16. The monoisotopic (exact) mass is 346 g/mol. The van der Waals surface area contributed by atoms with Crippen LogP contribution in [0.2, 0.25) is 0 Å². The highest BCUT2D eigenvalue weighted by atomic mass is 16.1. The molecule has 26 heavy (non-hydrogen) atoms. The Morgan fingerprint density at radius 2 is 1.65 bits per heavy atom. The van der Waals surface area contributed by atoms with Gasteiger partial charge in [0.1, 0.15) is 11.5 Å². The van der Waals surface area contributed by atoms with Crippen LogP contribution < -0.4 is 10.6 Å². The summed E-state index contributed by atoms with van der Waals surface area (Å²) in [5.41, 5.74) is 2.67. The Balaban J connectivity index is 1.51. The summed E-state index contributed by atoms with van der Waals surface area (Å²) in [6.45, 7) is 2.62. The van der Waals surface area contributed by atoms with Crippen LogP contribution in [0.15, 0.2) is 73.1 Å². The summed E-state index contributed by atoms with van der Waals surface area (Å²) in [5, 5.41) is 6.16. The van der Waals surface area contributed by atoms with E-state index in [0.717, 1.165) is 12.0 Å². The van der Waals surface area contributed by atoms with Gasteiger partial charge in [-0.05, 0) is 24.5 Å². The Bertz CT molecular complexity index is 820. The van der Waals surface area contributed by atoms with E-state index >= 15 is 0 Å². The normalized spacial score (nSPS) is 11.6. The minimum Gasteiger partial charge on any atom is -0.362 e. The van der Waals surface area contributed by atoms with Crippen molar-refractivity contribution in [3.8, 4) is 0 Å². The molecule has 0 aliphatic rings. The molecule has 0 saturated carbocycles. The lowest BCUT2D eigenvalue weighted by Crippen LogP contribution is -2.26. The first kappa shape index (κ1) is 17.6. The van der Waals surface area contributed by atoms with E-state index in [1.54, 1.807) is 6.20 Å². The van der Waals surface area contributed by atoms with Crippen molar-refractivity contribution >= 4 is 11.7 Å². The lowest BCUT2D eigenvalue weighted by atomic mass is 10.1. The van der Waals surface area contributed by atoms with Crippen molar-refractivity contribution in [2.75, 3.05) is 11.9 Å². The maximum absolute atomic E-state index is 12.2. The number of anilines is 1. The lowest BCUT2D eigenvalue weighted by Gasteiger charge is -2.14. The van der Waals surface area contributed by atoms with Gasteiger partial charge in [-0.25, -0.2) is 9.97 Å². The van der Waals surface area contributed by atoms with Crippen molar-refractivity contribution in [3.63, 3.8) is 0 Å². The van der Waals surface area contributed by atoms with Gasteiger partial charge in [0.05, 0.1) is 12.4 Å². The number of hydrogen-bond acceptors (Lipinski definition) is 4. The molecule has 3 rings (SSSR count). The van der Waals surface area contributed by atoms with Crippen LogP contribution in [0.3, 0.4) is 0 Å². The third kappa shape index (κ3) is 4.89. The molecule has 0 aliphatic heterocycles. The number of hydrogen-bond donors (Lipinski definition) is 2. The molecule has 3 aromatic rings. The van der Waals surface area contributed by atoms with Crippen LogP contribution in [0, 0.1) is 0 Å². The summed E-state index contributed by atoms with van der Waals surface area (Å²) in [7, 11) is 0. The van der Waals surface area contributed by atoms with E-state index in [4.69, 9.17) is 0 Å². The molecule has 0 spiro atoms. The zero-order valence-electron chi connectivity index (χ0n) is 14.7. The number of carbonyl (C=O) groups is 1. The number of rotatable bonds is 7. The van der Waals surface area contributed by atoms with Gasteiger partial charge in [-0.2, -0.15) is 0 Å². The molecular weight excluding hydrogens is 324 g/mol. The molecule has 1 heterocycles. The summed E-state index contributed by atoms with van der Waals surface area (Å²) in [6.07, 6.45) is 3.87. The molecule has 0 bridgehead atoms. The van der Waals surface area contributed by atoms with Crippen LogP contribution in [0.4, 0.5) is 5.82 Å². The molecule has 0 aliphatic carbocycles. The van der Waals surface area contributed by atoms with Gasteiger partial charge in [0.15, 0.2) is 0 Å². The predicted molar refractivity (Wildman–Crippen MR) is 103 cm³/mol. The molecule has 0 fully saturated rings. The Kier molecular flexibility index (Phi) is 5.93. The van der Waals surface area contributed by atoms with Crippen LogP contribution >= 0.6 is 0 Å². The first-order chi connectivity index (χ1) is 12.7. The van der Waals surface area contributed by atoms with E-state index in [0.29, 0.717) is 18.1 Å². The third-order valence-electron chi connectivity index (χ3n) is 4.09. The molecule has 132 valence electrons. The van der Waals surface area contributed by atoms with Gasteiger partial charge in [-0.1, -0.05) is 60.7 Å². The van der Waals surface area contributed by atoms with E-state index in [9.17, 15) is 4.79 Å². The molecule has 2 N–H and O–H groups in total. The summed E-state index contributed by atoms with van der Waals surface area (Å²) >= 11 is 0. The SMILES string of the molecule is CC(Nc1cnc(C(=O)NCCc2ccccc2)cn1)c1ccccc1. The Labute approximate surface area is 153 Å². The van der Waals surface area contributed by atoms with E-state index in [1.165, 1.54) is 11.8 Å². The quantitative estimate of drug-likeness (QED) is 0.686. The van der Waals surface area contributed by atoms with Gasteiger partial charge >= 0.3 is 0 Å². The molecule has 1 aromatic heterocycles. The van der Waals surface area contributed by atoms with E-state index in [-0.39, 0.29) is 11.9 Å². The molecule has 0 radical (unpaired) electrons. The third-order valence-corrected chi connectivity index (χ3v) is 4.09. The van der Waals surface area contributed by atoms with Crippen LogP contribution in [-0.4, -0.2) is 22.4 Å². The maximum Gasteiger partial charge on any atom is 0.271 e. The van der Waals surface area contributed by atoms with Crippen LogP contribution in [0.1, 0.15) is 34.6 Å². The second kappa shape index (κ2) is 8.76. The van der Waals surface area contributed by atoms with Gasteiger partial charge in [-0.15, -0.1) is 0 Å². The number of amides is 1. The Morgan fingerprint density at radius 3 is 2.31 bits per heavy atom. The lowest BCUT2D eigenvalue weighted by molar-refractivity contribution is 0.0949. The molecule has 5 heteroatoms. The number of benzene rings is 2. The molecule has 1 amide bonds. The summed E-state index contributed by atoms with van der Waals surface area (Å²) < 4.78 is 0. The summed E-state index contributed by atoms with van der Waals surface area (Å²) in [6, 6.07) is 20.3. The highest BCUT2D eigenvalue weighted by Gasteiger charge is 2.09. The Hall–Kier alpha value is -3.21. The van der Waals surface area contributed by atoms with Gasteiger partial charge in [0.2, 0.25) is 0 Å². The Morgan fingerprint density at radius 1 is 0.962 bits per heavy atom. The predicted octanol–water partition coefficient (Wildman–Crippen LogP) is 3.62. The standard InChI is InChI=1S/C21H22N4O/c1-16(18-10-6-3-7-11-18)25-20-15-23-19(14-24-20)21(26)22-13-12-17-8-4-2-5-9-17/h2-11,14-16H,12-13H2,1H3,(H,22,26)(H,24,25). The zero-order valence-corrected chi connectivity index (χ0v) is 14.7. The van der Waals surface area contributed by atoms with Gasteiger partial charge < -0.3 is 10.6 Å². The average Bonchev–Trinajstić information content (AvgIpc) is 2.70. The van der Waals surface area contributed by atoms with Crippen molar-refractivity contribution in [3.05, 3.63) is 89.9 Å². The van der Waals surface area contributed by atoms with E-state index < -0.39 is 0 Å². The molecule has 0 saturated heterocycles. The fourth-order valence-electron chi connectivity index (χ4n) is 2.62. The van der Waals surface area contributed by atoms with Gasteiger partial charge in [-0.3, -0.25) is 4.79 Å². The first-order valence-electron chi connectivity index (χ1n) is 8.68. The number of aromatic nitrogens is 2. The van der Waals surface area contributed by atoms with Crippen molar-refractivity contribution in [1.29, 1.82) is 0 Å². The minimum atomic E-state index is -0.212. The zero-order chi connectivity index (χ0) is 18.2. The average molecular weight is 346 g/mol. The molecule has 5 nitrogen and oxygen atoms in total. The smallest absolute Gasteiger partial charge is 0.271 e. The highest BCUT2D eigenvalue weighted by molar-refractivity contribution is 5.92. The minimum absolute atomic E-state index is 0.107. The number of nitrogens with one attached hydrogen (secondary N) is 2. The second-order valence-electron chi connectivity index (χ2n) is 6.06. The fraction of sp³-hybridized carbons (Fsp3) is 0.190. The van der Waals surface area contributed by atoms with Crippen LogP contribution in [0.25, 0.3) is 0 Å². The van der Waals surface area contributed by atoms with Crippen LogP contribution in [-0.2, 0) is 6.42 Å². The van der Waals surface area contributed by atoms with Crippen molar-refractivity contribution < 1.29 is 4.79 Å². The number of carbonyl (C=O) groups excluding carboxylic acids is 1. The maximum atomic E-state index is 12.2. The summed E-state index contributed by atoms with van der Waals surface area (Å²) in [5.74, 6) is 0.429. The fourth-order valence-corrected chi connectivity index (χ4v) is 2.62. The largest absolute Gasteiger partial charge is 0.362 e. The molecule has 2 aromatic carbocycles. The van der Waals surface area contributed by atoms with Crippen molar-refractivity contribution in [1.82, 2.24) is 15.3 Å². The molecule has 1 atom stereocenters. The van der Waals surface area contributed by atoms with Crippen molar-refractivity contribution in [2.24, 2.45) is 0 Å². The van der Waals surface area contributed by atoms with E-state index in [1.807, 2.05) is 48.5 Å². The molecular formula is C21H22N4O. The summed E-state index contributed by atoms with van der Waals surface area (Å²) in [4.78, 5) is 20.7. The number of nitrogens with zero attached hydrogens (tertiary/aromatic N) is 2. The van der Waals surface area contributed by atoms with Crippen molar-refractivity contribution in [2.45, 2.75) is 19.4 Å². The van der Waals surface area contributed by atoms with Gasteiger partial charge in [0, 0.05) is 12.6 Å². The van der Waals surface area contributed by atoms with Gasteiger partial charge in [0.25, 0.3) is 5.91 Å². The van der Waals surface area contributed by atoms with E-state index in [2.05, 4.69) is 39.7 Å². The second-order valence-corrected chi connectivity index (χ2v) is 6.06. The van der Waals surface area contributed by atoms with Crippen LogP contribution in [0.5, 0.6) is 0 Å².